The number of amides is 1. The normalized spacial score (nSPS) is 17.8. The molecule has 8 heteroatoms. The van der Waals surface area contributed by atoms with Crippen LogP contribution in [-0.2, 0) is 19.6 Å². The first kappa shape index (κ1) is 22.5. The van der Waals surface area contributed by atoms with E-state index in [1.54, 1.807) is 0 Å². The van der Waals surface area contributed by atoms with Crippen LogP contribution in [0.1, 0.15) is 61.7 Å². The lowest BCUT2D eigenvalue weighted by Gasteiger charge is -2.25. The molecule has 0 bridgehead atoms. The molecule has 0 aromatic heterocycles. The van der Waals surface area contributed by atoms with E-state index in [2.05, 4.69) is 11.4 Å². The highest BCUT2D eigenvalue weighted by Crippen LogP contribution is 2.21. The summed E-state index contributed by atoms with van der Waals surface area (Å²) in [6, 6.07) is 5.68. The van der Waals surface area contributed by atoms with Crippen molar-refractivity contribution < 1.29 is 22.7 Å². The minimum absolute atomic E-state index is 0.163. The third-order valence-corrected chi connectivity index (χ3v) is 7.44. The lowest BCUT2D eigenvalue weighted by Crippen LogP contribution is -2.35. The van der Waals surface area contributed by atoms with Gasteiger partial charge in [-0.2, -0.15) is 4.31 Å². The zero-order valence-electron chi connectivity index (χ0n) is 17.3. The van der Waals surface area contributed by atoms with Crippen LogP contribution in [0.15, 0.2) is 40.8 Å². The number of nitrogens with one attached hydrogen (secondary N) is 1. The van der Waals surface area contributed by atoms with Crippen molar-refractivity contribution in [2.75, 3.05) is 26.2 Å². The molecule has 0 unspecified atom stereocenters. The highest BCUT2D eigenvalue weighted by atomic mass is 32.2. The number of carbonyl (C=O) groups excluding carboxylic acids is 2. The maximum absolute atomic E-state index is 12.7. The quantitative estimate of drug-likeness (QED) is 0.501. The van der Waals surface area contributed by atoms with Gasteiger partial charge in [0, 0.05) is 19.6 Å². The number of allylic oxidation sites excluding steroid dienone is 1. The fourth-order valence-electron chi connectivity index (χ4n) is 3.78. The van der Waals surface area contributed by atoms with E-state index in [-0.39, 0.29) is 23.0 Å². The van der Waals surface area contributed by atoms with Crippen LogP contribution >= 0.6 is 0 Å². The lowest BCUT2D eigenvalue weighted by molar-refractivity contribution is -0.124. The Hall–Kier alpha value is -2.19. The molecule has 0 atom stereocenters. The number of nitrogens with zero attached hydrogens (tertiary/aromatic N) is 1. The van der Waals surface area contributed by atoms with Gasteiger partial charge in [0.2, 0.25) is 10.0 Å². The lowest BCUT2D eigenvalue weighted by atomic mass is 9.97. The number of hydrogen-bond donors (Lipinski definition) is 1. The molecule has 164 valence electrons. The Morgan fingerprint density at radius 2 is 1.73 bits per heavy atom. The summed E-state index contributed by atoms with van der Waals surface area (Å²) in [4.78, 5) is 24.2. The summed E-state index contributed by atoms with van der Waals surface area (Å²) in [5.74, 6) is -0.994. The second-order valence-corrected chi connectivity index (χ2v) is 9.71. The van der Waals surface area contributed by atoms with E-state index in [4.69, 9.17) is 4.74 Å². The molecule has 1 heterocycles. The standard InChI is InChI=1S/C22H30N2O5S/c25-21(23-14-13-18-7-3-1-4-8-18)17-29-22(26)19-9-11-20(12-10-19)30(27,28)24-15-5-2-6-16-24/h7,9-12H,1-6,8,13-17H2,(H,23,25). The summed E-state index contributed by atoms with van der Waals surface area (Å²) in [6.07, 6.45) is 10.5. The minimum atomic E-state index is -3.54. The van der Waals surface area contributed by atoms with Crippen LogP contribution < -0.4 is 5.32 Å². The second-order valence-electron chi connectivity index (χ2n) is 7.77. The first-order chi connectivity index (χ1) is 14.5. The van der Waals surface area contributed by atoms with Crippen molar-refractivity contribution in [2.24, 2.45) is 0 Å². The van der Waals surface area contributed by atoms with E-state index in [1.807, 2.05) is 0 Å². The molecule has 1 aliphatic carbocycles. The highest BCUT2D eigenvalue weighted by Gasteiger charge is 2.26. The van der Waals surface area contributed by atoms with Gasteiger partial charge in [-0.05, 0) is 69.2 Å². The molecule has 30 heavy (non-hydrogen) atoms. The Kier molecular flexibility index (Phi) is 8.04. The summed E-state index contributed by atoms with van der Waals surface area (Å²) >= 11 is 0. The van der Waals surface area contributed by atoms with Crippen LogP contribution in [0.25, 0.3) is 0 Å². The van der Waals surface area contributed by atoms with Crippen LogP contribution in [0.4, 0.5) is 0 Å². The maximum Gasteiger partial charge on any atom is 0.338 e. The van der Waals surface area contributed by atoms with E-state index >= 15 is 0 Å². The molecule has 1 aromatic carbocycles. The van der Waals surface area contributed by atoms with Crippen LogP contribution in [-0.4, -0.2) is 50.8 Å². The third-order valence-electron chi connectivity index (χ3n) is 5.53. The number of rotatable bonds is 8. The molecular formula is C22H30N2O5S. The van der Waals surface area contributed by atoms with Crippen molar-refractivity contribution in [3.8, 4) is 0 Å². The van der Waals surface area contributed by atoms with Crippen LogP contribution in [0, 0.1) is 0 Å². The molecule has 0 radical (unpaired) electrons. The second kappa shape index (κ2) is 10.7. The van der Waals surface area contributed by atoms with E-state index in [1.165, 1.54) is 47.0 Å². The Morgan fingerprint density at radius 3 is 2.40 bits per heavy atom. The Balaban J connectivity index is 1.45. The van der Waals surface area contributed by atoms with Crippen LogP contribution in [0.5, 0.6) is 0 Å². The van der Waals surface area contributed by atoms with Crippen molar-refractivity contribution in [3.05, 3.63) is 41.5 Å². The molecule has 2 aliphatic rings. The predicted octanol–water partition coefficient (Wildman–Crippen LogP) is 3.02. The molecule has 1 saturated heterocycles. The zero-order chi connectivity index (χ0) is 21.4. The van der Waals surface area contributed by atoms with E-state index in [0.29, 0.717) is 19.6 Å². The van der Waals surface area contributed by atoms with Gasteiger partial charge in [0.15, 0.2) is 6.61 Å². The third kappa shape index (κ3) is 6.15. The number of benzene rings is 1. The number of piperidine rings is 1. The van der Waals surface area contributed by atoms with Crippen molar-refractivity contribution in [1.82, 2.24) is 9.62 Å². The predicted molar refractivity (Wildman–Crippen MR) is 114 cm³/mol. The average molecular weight is 435 g/mol. The molecule has 0 saturated carbocycles. The number of hydrogen-bond acceptors (Lipinski definition) is 5. The number of esters is 1. The van der Waals surface area contributed by atoms with Gasteiger partial charge < -0.3 is 10.1 Å². The summed E-state index contributed by atoms with van der Waals surface area (Å²) in [5.41, 5.74) is 1.59. The fraction of sp³-hybridized carbons (Fsp3) is 0.545. The summed E-state index contributed by atoms with van der Waals surface area (Å²) < 4.78 is 31.8. The van der Waals surface area contributed by atoms with E-state index in [0.717, 1.165) is 38.5 Å². The molecular weight excluding hydrogens is 404 g/mol. The molecule has 1 aromatic rings. The largest absolute Gasteiger partial charge is 0.452 e. The highest BCUT2D eigenvalue weighted by molar-refractivity contribution is 7.89. The number of sulfonamides is 1. The first-order valence-corrected chi connectivity index (χ1v) is 12.1. The first-order valence-electron chi connectivity index (χ1n) is 10.7. The van der Waals surface area contributed by atoms with Crippen molar-refractivity contribution in [1.29, 1.82) is 0 Å². The SMILES string of the molecule is O=C(COC(=O)c1ccc(S(=O)(=O)N2CCCCC2)cc1)NCCC1=CCCCC1. The zero-order valence-corrected chi connectivity index (χ0v) is 18.1. The molecule has 7 nitrogen and oxygen atoms in total. The van der Waals surface area contributed by atoms with E-state index in [9.17, 15) is 18.0 Å². The minimum Gasteiger partial charge on any atom is -0.452 e. The summed E-state index contributed by atoms with van der Waals surface area (Å²) in [7, 11) is -3.54. The van der Waals surface area contributed by atoms with E-state index < -0.39 is 16.0 Å². The monoisotopic (exact) mass is 434 g/mol. The van der Waals surface area contributed by atoms with Gasteiger partial charge >= 0.3 is 5.97 Å². The Labute approximate surface area is 178 Å². The summed E-state index contributed by atoms with van der Waals surface area (Å²) in [6.45, 7) is 1.23. The molecule has 1 amide bonds. The average Bonchev–Trinajstić information content (AvgIpc) is 2.79. The van der Waals surface area contributed by atoms with Crippen LogP contribution in [0.2, 0.25) is 0 Å². The van der Waals surface area contributed by atoms with Gasteiger partial charge in [-0.25, -0.2) is 13.2 Å². The number of carbonyl (C=O) groups is 2. The van der Waals surface area contributed by atoms with Gasteiger partial charge in [0.1, 0.15) is 0 Å². The Bertz CT molecular complexity index is 871. The van der Waals surface area contributed by atoms with Gasteiger partial charge in [-0.15, -0.1) is 0 Å². The van der Waals surface area contributed by atoms with Crippen molar-refractivity contribution in [3.63, 3.8) is 0 Å². The topological polar surface area (TPSA) is 92.8 Å². The molecule has 0 spiro atoms. The molecule has 1 N–H and O–H groups in total. The number of ether oxygens (including phenoxy) is 1. The van der Waals surface area contributed by atoms with Gasteiger partial charge in [0.25, 0.3) is 5.91 Å². The van der Waals surface area contributed by atoms with Gasteiger partial charge in [-0.1, -0.05) is 18.1 Å². The fourth-order valence-corrected chi connectivity index (χ4v) is 5.29. The van der Waals surface area contributed by atoms with Gasteiger partial charge in [0.05, 0.1) is 10.5 Å². The molecule has 1 fully saturated rings. The molecule has 1 aliphatic heterocycles. The van der Waals surface area contributed by atoms with Gasteiger partial charge in [-0.3, -0.25) is 4.79 Å². The summed E-state index contributed by atoms with van der Waals surface area (Å²) in [5, 5.41) is 2.76. The van der Waals surface area contributed by atoms with Crippen LogP contribution in [0.3, 0.4) is 0 Å². The van der Waals surface area contributed by atoms with Crippen molar-refractivity contribution in [2.45, 2.75) is 56.3 Å². The molecule has 3 rings (SSSR count). The smallest absolute Gasteiger partial charge is 0.338 e. The maximum atomic E-state index is 12.7. The Morgan fingerprint density at radius 1 is 1.00 bits per heavy atom. The van der Waals surface area contributed by atoms with Crippen molar-refractivity contribution >= 4 is 21.9 Å².